The fraction of sp³-hybridized carbons (Fsp3) is 0.800. The Balaban J connectivity index is 2.41. The smallest absolute Gasteiger partial charge is 0.326 e. The zero-order valence-electron chi connectivity index (χ0n) is 9.76. The van der Waals surface area contributed by atoms with E-state index in [2.05, 4.69) is 5.32 Å². The Morgan fingerprint density at radius 1 is 1.53 bits per heavy atom. The van der Waals surface area contributed by atoms with Crippen molar-refractivity contribution >= 4 is 12.0 Å². The molecule has 2 amide bonds. The van der Waals surface area contributed by atoms with Crippen molar-refractivity contribution < 1.29 is 24.5 Å². The Morgan fingerprint density at radius 2 is 2.24 bits per heavy atom. The van der Waals surface area contributed by atoms with Gasteiger partial charge in [-0.3, -0.25) is 0 Å². The van der Waals surface area contributed by atoms with Crippen LogP contribution in [0.25, 0.3) is 0 Å². The second-order valence-electron chi connectivity index (χ2n) is 3.82. The highest BCUT2D eigenvalue weighted by Crippen LogP contribution is 2.17. The quantitative estimate of drug-likeness (QED) is 0.554. The molecule has 7 nitrogen and oxygen atoms in total. The molecule has 0 saturated carbocycles. The largest absolute Gasteiger partial charge is 0.480 e. The van der Waals surface area contributed by atoms with Crippen molar-refractivity contribution in [3.05, 3.63) is 0 Å². The van der Waals surface area contributed by atoms with Gasteiger partial charge in [-0.05, 0) is 6.92 Å². The normalized spacial score (nSPS) is 23.8. The first-order valence-electron chi connectivity index (χ1n) is 5.59. The van der Waals surface area contributed by atoms with Gasteiger partial charge in [-0.1, -0.05) is 0 Å². The van der Waals surface area contributed by atoms with Crippen LogP contribution < -0.4 is 5.32 Å². The number of amides is 2. The van der Waals surface area contributed by atoms with E-state index in [-0.39, 0.29) is 13.0 Å². The number of nitrogens with zero attached hydrogens (tertiary/aromatic N) is 1. The van der Waals surface area contributed by atoms with Gasteiger partial charge in [0.2, 0.25) is 0 Å². The third-order valence-electron chi connectivity index (χ3n) is 2.55. The molecule has 1 fully saturated rings. The van der Waals surface area contributed by atoms with E-state index in [0.717, 1.165) is 4.90 Å². The maximum Gasteiger partial charge on any atom is 0.326 e. The molecule has 0 aliphatic carbocycles. The lowest BCUT2D eigenvalue weighted by Crippen LogP contribution is -2.46. The second-order valence-corrected chi connectivity index (χ2v) is 3.82. The molecule has 2 atom stereocenters. The number of urea groups is 1. The van der Waals surface area contributed by atoms with Gasteiger partial charge in [0, 0.05) is 26.1 Å². The van der Waals surface area contributed by atoms with Crippen LogP contribution in [0.4, 0.5) is 4.79 Å². The molecule has 1 aliphatic heterocycles. The molecule has 1 saturated heterocycles. The Hall–Kier alpha value is -1.34. The third-order valence-corrected chi connectivity index (χ3v) is 2.55. The van der Waals surface area contributed by atoms with Gasteiger partial charge in [0.25, 0.3) is 0 Å². The van der Waals surface area contributed by atoms with E-state index < -0.39 is 24.1 Å². The van der Waals surface area contributed by atoms with Crippen LogP contribution in [0.3, 0.4) is 0 Å². The fourth-order valence-corrected chi connectivity index (χ4v) is 1.75. The van der Waals surface area contributed by atoms with Crippen molar-refractivity contribution in [1.29, 1.82) is 0 Å². The predicted molar refractivity (Wildman–Crippen MR) is 58.6 cm³/mol. The summed E-state index contributed by atoms with van der Waals surface area (Å²) in [4.78, 5) is 23.7. The monoisotopic (exact) mass is 246 g/mol. The number of likely N-dealkylation sites (tertiary alicyclic amines) is 1. The zero-order valence-corrected chi connectivity index (χ0v) is 9.76. The van der Waals surface area contributed by atoms with E-state index in [1.807, 2.05) is 6.92 Å². The Kier molecular flexibility index (Phi) is 5.17. The number of β-amino-alcohol motifs (C(OH)–C–C–N with tert-alkyl or cyclic N) is 1. The van der Waals surface area contributed by atoms with Crippen LogP contribution in [-0.2, 0) is 9.53 Å². The second kappa shape index (κ2) is 6.41. The summed E-state index contributed by atoms with van der Waals surface area (Å²) in [5.74, 6) is -1.10. The fourth-order valence-electron chi connectivity index (χ4n) is 1.75. The molecule has 98 valence electrons. The first-order chi connectivity index (χ1) is 8.06. The SMILES string of the molecule is CCOCCNC(=O)N1C[C@@H](O)C[C@H]1C(=O)O. The molecule has 0 bridgehead atoms. The number of rotatable bonds is 5. The first kappa shape index (κ1) is 13.7. The van der Waals surface area contributed by atoms with Crippen molar-refractivity contribution in [3.63, 3.8) is 0 Å². The average Bonchev–Trinajstić information content (AvgIpc) is 2.66. The number of aliphatic carboxylic acids is 1. The van der Waals surface area contributed by atoms with Gasteiger partial charge in [-0.15, -0.1) is 0 Å². The molecule has 0 aromatic heterocycles. The highest BCUT2D eigenvalue weighted by molar-refractivity contribution is 5.83. The van der Waals surface area contributed by atoms with E-state index in [0.29, 0.717) is 19.8 Å². The van der Waals surface area contributed by atoms with Crippen molar-refractivity contribution in [2.24, 2.45) is 0 Å². The summed E-state index contributed by atoms with van der Waals surface area (Å²) in [5, 5.41) is 20.8. The maximum absolute atomic E-state index is 11.7. The standard InChI is InChI=1S/C10H18N2O5/c1-2-17-4-3-11-10(16)12-6-7(13)5-8(12)9(14)15/h7-8,13H,2-6H2,1H3,(H,11,16)(H,14,15)/t7-,8-/m0/s1. The summed E-state index contributed by atoms with van der Waals surface area (Å²) in [6, 6.07) is -1.43. The lowest BCUT2D eigenvalue weighted by Gasteiger charge is -2.21. The van der Waals surface area contributed by atoms with Gasteiger partial charge in [0.15, 0.2) is 0 Å². The molecule has 3 N–H and O–H groups in total. The van der Waals surface area contributed by atoms with Gasteiger partial charge < -0.3 is 25.2 Å². The number of ether oxygens (including phenoxy) is 1. The molecule has 1 aliphatic rings. The van der Waals surface area contributed by atoms with Crippen LogP contribution in [0.2, 0.25) is 0 Å². The predicted octanol–water partition coefficient (Wildman–Crippen LogP) is -0.748. The number of carboxylic acids is 1. The number of aliphatic hydroxyl groups is 1. The third kappa shape index (κ3) is 3.86. The molecule has 0 radical (unpaired) electrons. The van der Waals surface area contributed by atoms with Crippen molar-refractivity contribution in [2.75, 3.05) is 26.3 Å². The first-order valence-corrected chi connectivity index (χ1v) is 5.59. The van der Waals surface area contributed by atoms with Crippen LogP contribution in [-0.4, -0.2) is 65.6 Å². The minimum absolute atomic E-state index is 0.0530. The van der Waals surface area contributed by atoms with E-state index in [1.54, 1.807) is 0 Å². The van der Waals surface area contributed by atoms with Gasteiger partial charge in [-0.25, -0.2) is 9.59 Å². The lowest BCUT2D eigenvalue weighted by atomic mass is 10.2. The van der Waals surface area contributed by atoms with E-state index in [1.165, 1.54) is 0 Å². The minimum atomic E-state index is -1.10. The molecular weight excluding hydrogens is 228 g/mol. The molecule has 7 heteroatoms. The van der Waals surface area contributed by atoms with Crippen LogP contribution >= 0.6 is 0 Å². The Labute approximate surface area is 99.4 Å². The molecule has 1 heterocycles. The van der Waals surface area contributed by atoms with Crippen molar-refractivity contribution in [3.8, 4) is 0 Å². The molecule has 17 heavy (non-hydrogen) atoms. The summed E-state index contributed by atoms with van der Waals surface area (Å²) in [6.45, 7) is 3.18. The summed E-state index contributed by atoms with van der Waals surface area (Å²) in [7, 11) is 0. The number of carbonyl (C=O) groups excluding carboxylic acids is 1. The van der Waals surface area contributed by atoms with E-state index >= 15 is 0 Å². The number of nitrogens with one attached hydrogen (secondary N) is 1. The highest BCUT2D eigenvalue weighted by atomic mass is 16.5. The number of carboxylic acid groups (broad SMARTS) is 1. The highest BCUT2D eigenvalue weighted by Gasteiger charge is 2.38. The van der Waals surface area contributed by atoms with Crippen LogP contribution in [0.5, 0.6) is 0 Å². The molecule has 0 aromatic rings. The maximum atomic E-state index is 11.7. The van der Waals surface area contributed by atoms with E-state index in [4.69, 9.17) is 9.84 Å². The summed E-state index contributed by atoms with van der Waals surface area (Å²) < 4.78 is 5.04. The summed E-state index contributed by atoms with van der Waals surface area (Å²) in [6.07, 6.45) is -0.692. The molecule has 0 unspecified atom stereocenters. The zero-order chi connectivity index (χ0) is 12.8. The summed E-state index contributed by atoms with van der Waals surface area (Å²) in [5.41, 5.74) is 0. The average molecular weight is 246 g/mol. The lowest BCUT2D eigenvalue weighted by molar-refractivity contribution is -0.141. The Bertz CT molecular complexity index is 284. The van der Waals surface area contributed by atoms with Crippen molar-refractivity contribution in [2.45, 2.75) is 25.5 Å². The van der Waals surface area contributed by atoms with Gasteiger partial charge in [0.1, 0.15) is 6.04 Å². The van der Waals surface area contributed by atoms with Crippen LogP contribution in [0, 0.1) is 0 Å². The molecule has 0 spiro atoms. The molecule has 0 aromatic carbocycles. The summed E-state index contributed by atoms with van der Waals surface area (Å²) >= 11 is 0. The van der Waals surface area contributed by atoms with Gasteiger partial charge in [0.05, 0.1) is 12.7 Å². The van der Waals surface area contributed by atoms with Crippen LogP contribution in [0.15, 0.2) is 0 Å². The minimum Gasteiger partial charge on any atom is -0.480 e. The van der Waals surface area contributed by atoms with Gasteiger partial charge in [-0.2, -0.15) is 0 Å². The Morgan fingerprint density at radius 3 is 2.82 bits per heavy atom. The number of hydrogen-bond donors (Lipinski definition) is 3. The topological polar surface area (TPSA) is 99.1 Å². The van der Waals surface area contributed by atoms with Crippen LogP contribution in [0.1, 0.15) is 13.3 Å². The molecular formula is C10H18N2O5. The van der Waals surface area contributed by atoms with E-state index in [9.17, 15) is 14.7 Å². The number of hydrogen-bond acceptors (Lipinski definition) is 4. The van der Waals surface area contributed by atoms with Crippen molar-refractivity contribution in [1.82, 2.24) is 10.2 Å². The molecule has 1 rings (SSSR count). The number of aliphatic hydroxyl groups excluding tert-OH is 1. The number of carbonyl (C=O) groups is 2. The van der Waals surface area contributed by atoms with Gasteiger partial charge >= 0.3 is 12.0 Å².